The molecule has 1 N–H and O–H groups in total. The van der Waals surface area contributed by atoms with Gasteiger partial charge in [0.1, 0.15) is 18.1 Å². The summed E-state index contributed by atoms with van der Waals surface area (Å²) in [7, 11) is 1.31. The monoisotopic (exact) mass is 370 g/mol. The van der Waals surface area contributed by atoms with Gasteiger partial charge in [-0.2, -0.15) is 0 Å². The number of hydrogen-bond acceptors (Lipinski definition) is 6. The average Bonchev–Trinajstić information content (AvgIpc) is 2.96. The summed E-state index contributed by atoms with van der Waals surface area (Å²) in [4.78, 5) is 23.7. The van der Waals surface area contributed by atoms with Crippen molar-refractivity contribution in [2.75, 3.05) is 20.3 Å². The molecule has 0 amide bonds. The van der Waals surface area contributed by atoms with E-state index in [2.05, 4.69) is 0 Å². The van der Waals surface area contributed by atoms with Crippen molar-refractivity contribution in [3.8, 4) is 11.5 Å². The minimum Gasteiger partial charge on any atom is -0.490 e. The number of ketones is 1. The van der Waals surface area contributed by atoms with Gasteiger partial charge in [0.25, 0.3) is 0 Å². The number of aliphatic hydroxyl groups is 1. The first-order valence-electron chi connectivity index (χ1n) is 8.20. The molecule has 0 saturated heterocycles. The van der Waals surface area contributed by atoms with Crippen molar-refractivity contribution in [3.63, 3.8) is 0 Å². The fraction of sp³-hybridized carbons (Fsp3) is 0.211. The van der Waals surface area contributed by atoms with Crippen LogP contribution in [-0.2, 0) is 0 Å². The molecule has 140 valence electrons. The van der Waals surface area contributed by atoms with E-state index in [1.165, 1.54) is 25.3 Å². The molecule has 8 nitrogen and oxygen atoms in total. The van der Waals surface area contributed by atoms with Crippen LogP contribution in [0.3, 0.4) is 0 Å². The second-order valence-electron chi connectivity index (χ2n) is 5.80. The molecule has 0 radical (unpaired) electrons. The molecule has 2 aromatic heterocycles. The Balaban J connectivity index is 2.14. The minimum absolute atomic E-state index is 0.0149. The molecular weight excluding hydrogens is 352 g/mol. The number of pyridine rings is 1. The SMILES string of the molecule is COc1cc(C(=O)c2c(C)c(OCCO)c3ccccn23)ccc1[N+](=O)[O-]. The van der Waals surface area contributed by atoms with Gasteiger partial charge in [0.2, 0.25) is 5.78 Å². The third kappa shape index (κ3) is 3.22. The molecule has 0 unspecified atom stereocenters. The molecule has 0 aliphatic carbocycles. The molecule has 1 aromatic carbocycles. The van der Waals surface area contributed by atoms with Gasteiger partial charge in [-0.05, 0) is 31.2 Å². The van der Waals surface area contributed by atoms with E-state index in [1.54, 1.807) is 23.6 Å². The first-order chi connectivity index (χ1) is 13.0. The van der Waals surface area contributed by atoms with E-state index in [0.717, 1.165) is 0 Å². The standard InChI is InChI=1S/C19H18N2O6/c1-12-17(20-8-4-3-5-15(20)19(12)27-10-9-22)18(23)13-6-7-14(21(24)25)16(11-13)26-2/h3-8,11,22H,9-10H2,1-2H3. The Kier molecular flexibility index (Phi) is 5.09. The Hall–Kier alpha value is -3.39. The van der Waals surface area contributed by atoms with Gasteiger partial charge in [-0.3, -0.25) is 14.9 Å². The second-order valence-corrected chi connectivity index (χ2v) is 5.80. The Morgan fingerprint density at radius 1 is 1.30 bits per heavy atom. The zero-order chi connectivity index (χ0) is 19.6. The highest BCUT2D eigenvalue weighted by atomic mass is 16.6. The maximum Gasteiger partial charge on any atom is 0.310 e. The van der Waals surface area contributed by atoms with Crippen molar-refractivity contribution in [2.45, 2.75) is 6.92 Å². The number of carbonyl (C=O) groups is 1. The molecule has 2 heterocycles. The highest BCUT2D eigenvalue weighted by Crippen LogP contribution is 2.34. The van der Waals surface area contributed by atoms with E-state index in [4.69, 9.17) is 14.6 Å². The van der Waals surface area contributed by atoms with Crippen molar-refractivity contribution < 1.29 is 24.3 Å². The highest BCUT2D eigenvalue weighted by Gasteiger charge is 2.24. The number of nitro groups is 1. The first kappa shape index (κ1) is 18.4. The van der Waals surface area contributed by atoms with Crippen LogP contribution >= 0.6 is 0 Å². The van der Waals surface area contributed by atoms with Gasteiger partial charge >= 0.3 is 5.69 Å². The molecule has 0 fully saturated rings. The predicted molar refractivity (Wildman–Crippen MR) is 97.8 cm³/mol. The van der Waals surface area contributed by atoms with Gasteiger partial charge in [0, 0.05) is 23.4 Å². The van der Waals surface area contributed by atoms with E-state index >= 15 is 0 Å². The van der Waals surface area contributed by atoms with Gasteiger partial charge in [0.15, 0.2) is 5.75 Å². The maximum atomic E-state index is 13.2. The summed E-state index contributed by atoms with van der Waals surface area (Å²) < 4.78 is 12.4. The van der Waals surface area contributed by atoms with Gasteiger partial charge in [-0.25, -0.2) is 0 Å². The van der Waals surface area contributed by atoms with Gasteiger partial charge in [-0.1, -0.05) is 6.07 Å². The summed E-state index contributed by atoms with van der Waals surface area (Å²) in [5, 5.41) is 20.1. The lowest BCUT2D eigenvalue weighted by atomic mass is 10.0. The number of ether oxygens (including phenoxy) is 2. The second kappa shape index (κ2) is 7.46. The number of hydrogen-bond donors (Lipinski definition) is 1. The fourth-order valence-electron chi connectivity index (χ4n) is 3.02. The van der Waals surface area contributed by atoms with Gasteiger partial charge < -0.3 is 19.0 Å². The number of methoxy groups -OCH3 is 1. The molecular formula is C19H18N2O6. The summed E-state index contributed by atoms with van der Waals surface area (Å²) in [5.41, 5.74) is 1.75. The molecule has 0 aliphatic heterocycles. The van der Waals surface area contributed by atoms with E-state index in [-0.39, 0.29) is 36.0 Å². The zero-order valence-electron chi connectivity index (χ0n) is 14.8. The molecule has 27 heavy (non-hydrogen) atoms. The number of aliphatic hydroxyl groups excluding tert-OH is 1. The highest BCUT2D eigenvalue weighted by molar-refractivity contribution is 6.10. The molecule has 0 atom stereocenters. The molecule has 0 saturated carbocycles. The van der Waals surface area contributed by atoms with Crippen LogP contribution in [0.25, 0.3) is 5.52 Å². The minimum atomic E-state index is -0.564. The third-order valence-corrected chi connectivity index (χ3v) is 4.22. The van der Waals surface area contributed by atoms with Crippen LogP contribution in [0.5, 0.6) is 11.5 Å². The number of nitro benzene ring substituents is 1. The van der Waals surface area contributed by atoms with Crippen LogP contribution in [0.4, 0.5) is 5.69 Å². The number of aromatic nitrogens is 1. The van der Waals surface area contributed by atoms with E-state index < -0.39 is 4.92 Å². The third-order valence-electron chi connectivity index (χ3n) is 4.22. The van der Waals surface area contributed by atoms with Crippen LogP contribution in [0, 0.1) is 17.0 Å². The van der Waals surface area contributed by atoms with E-state index in [1.807, 2.05) is 12.1 Å². The summed E-state index contributed by atoms with van der Waals surface area (Å²) >= 11 is 0. The summed E-state index contributed by atoms with van der Waals surface area (Å²) in [6.45, 7) is 1.72. The number of carbonyl (C=O) groups excluding carboxylic acids is 1. The van der Waals surface area contributed by atoms with Crippen molar-refractivity contribution in [1.29, 1.82) is 0 Å². The quantitative estimate of drug-likeness (QED) is 0.390. The fourth-order valence-corrected chi connectivity index (χ4v) is 3.02. The number of nitrogens with zero attached hydrogens (tertiary/aromatic N) is 2. The lowest BCUT2D eigenvalue weighted by Crippen LogP contribution is -2.08. The summed E-state index contributed by atoms with van der Waals surface area (Å²) in [6.07, 6.45) is 1.74. The van der Waals surface area contributed by atoms with Crippen molar-refractivity contribution in [3.05, 3.63) is 69.5 Å². The molecule has 3 rings (SSSR count). The predicted octanol–water partition coefficient (Wildman–Crippen LogP) is 2.77. The van der Waals surface area contributed by atoms with Crippen LogP contribution in [0.1, 0.15) is 21.6 Å². The molecule has 3 aromatic rings. The van der Waals surface area contributed by atoms with Crippen molar-refractivity contribution in [2.24, 2.45) is 0 Å². The Labute approximate surface area is 154 Å². The maximum absolute atomic E-state index is 13.2. The van der Waals surface area contributed by atoms with Gasteiger partial charge in [0.05, 0.1) is 24.2 Å². The van der Waals surface area contributed by atoms with Crippen LogP contribution < -0.4 is 9.47 Å². The van der Waals surface area contributed by atoms with Crippen LogP contribution in [-0.4, -0.2) is 40.5 Å². The van der Waals surface area contributed by atoms with Crippen LogP contribution in [0.2, 0.25) is 0 Å². The largest absolute Gasteiger partial charge is 0.490 e. The molecule has 0 bridgehead atoms. The summed E-state index contributed by atoms with van der Waals surface area (Å²) in [6, 6.07) is 9.43. The number of fused-ring (bicyclic) bond motifs is 1. The number of benzene rings is 1. The smallest absolute Gasteiger partial charge is 0.310 e. The first-order valence-corrected chi connectivity index (χ1v) is 8.20. The summed E-state index contributed by atoms with van der Waals surface area (Å²) in [5.74, 6) is 0.212. The van der Waals surface area contributed by atoms with E-state index in [0.29, 0.717) is 22.5 Å². The molecule has 0 aliphatic rings. The molecule has 0 spiro atoms. The Morgan fingerprint density at radius 3 is 2.74 bits per heavy atom. The van der Waals surface area contributed by atoms with E-state index in [9.17, 15) is 14.9 Å². The Morgan fingerprint density at radius 2 is 2.07 bits per heavy atom. The normalized spacial score (nSPS) is 10.8. The lowest BCUT2D eigenvalue weighted by molar-refractivity contribution is -0.385. The number of rotatable bonds is 7. The van der Waals surface area contributed by atoms with Crippen molar-refractivity contribution >= 4 is 17.0 Å². The Bertz CT molecular complexity index is 1020. The average molecular weight is 370 g/mol. The topological polar surface area (TPSA) is 103 Å². The lowest BCUT2D eigenvalue weighted by Gasteiger charge is -2.06. The zero-order valence-corrected chi connectivity index (χ0v) is 14.8. The molecule has 8 heteroatoms. The van der Waals surface area contributed by atoms with Crippen LogP contribution in [0.15, 0.2) is 42.6 Å². The van der Waals surface area contributed by atoms with Crippen molar-refractivity contribution in [1.82, 2.24) is 4.40 Å². The van der Waals surface area contributed by atoms with Gasteiger partial charge in [-0.15, -0.1) is 0 Å².